The lowest BCUT2D eigenvalue weighted by Crippen LogP contribution is -2.42. The number of benzene rings is 1. The summed E-state index contributed by atoms with van der Waals surface area (Å²) in [6.45, 7) is 5.98. The lowest BCUT2D eigenvalue weighted by Gasteiger charge is -2.18. The molecule has 0 saturated heterocycles. The van der Waals surface area contributed by atoms with Crippen LogP contribution in [0.2, 0.25) is 0 Å². The molecule has 0 bridgehead atoms. The summed E-state index contributed by atoms with van der Waals surface area (Å²) in [4.78, 5) is 45.3. The molecule has 3 rings (SSSR count). The van der Waals surface area contributed by atoms with Gasteiger partial charge in [-0.25, -0.2) is 9.78 Å². The number of carbonyl (C=O) groups excluding carboxylic acids is 3. The number of nitrogens with zero attached hydrogens (tertiary/aromatic N) is 2. The molecule has 3 atom stereocenters. The zero-order valence-corrected chi connectivity index (χ0v) is 21.8. The average Bonchev–Trinajstić information content (AvgIpc) is 3.28. The summed E-state index contributed by atoms with van der Waals surface area (Å²) in [5.74, 6) is -0.110. The van der Waals surface area contributed by atoms with Crippen molar-refractivity contribution in [2.24, 2.45) is 0 Å². The smallest absolute Gasteiger partial charge is 0.328 e. The van der Waals surface area contributed by atoms with Gasteiger partial charge in [0.1, 0.15) is 11.9 Å². The van der Waals surface area contributed by atoms with E-state index in [1.54, 1.807) is 26.0 Å². The Bertz CT molecular complexity index is 1110. The van der Waals surface area contributed by atoms with Crippen molar-refractivity contribution in [1.29, 1.82) is 0 Å². The molecular weight excluding hydrogens is 474 g/mol. The molecule has 1 aliphatic rings. The molecule has 1 aliphatic carbocycles. The Morgan fingerprint density at radius 2 is 1.76 bits per heavy atom. The highest BCUT2D eigenvalue weighted by molar-refractivity contribution is 5.96. The van der Waals surface area contributed by atoms with Crippen molar-refractivity contribution in [2.45, 2.75) is 77.2 Å². The summed E-state index contributed by atoms with van der Waals surface area (Å²) < 4.78 is 9.98. The summed E-state index contributed by atoms with van der Waals surface area (Å²) in [5.41, 5.74) is 15.4. The van der Waals surface area contributed by atoms with E-state index in [4.69, 9.17) is 20.9 Å². The van der Waals surface area contributed by atoms with Crippen molar-refractivity contribution in [3.05, 3.63) is 46.6 Å². The number of ether oxygens (including phenoxy) is 2. The van der Waals surface area contributed by atoms with Crippen LogP contribution in [0.25, 0.3) is 0 Å². The van der Waals surface area contributed by atoms with Gasteiger partial charge in [-0.05, 0) is 75.5 Å². The van der Waals surface area contributed by atoms with Gasteiger partial charge in [0.25, 0.3) is 5.91 Å². The fourth-order valence-electron chi connectivity index (χ4n) is 4.74. The number of rotatable bonds is 12. The molecule has 200 valence electrons. The van der Waals surface area contributed by atoms with Crippen LogP contribution in [0.3, 0.4) is 0 Å². The molecule has 0 aliphatic heterocycles. The first-order valence-corrected chi connectivity index (χ1v) is 12.9. The summed E-state index contributed by atoms with van der Waals surface area (Å²) in [6.07, 6.45) is 3.85. The molecule has 10 heteroatoms. The van der Waals surface area contributed by atoms with Crippen LogP contribution < -0.4 is 16.8 Å². The number of nitrogens with two attached hydrogens (primary N) is 2. The zero-order valence-electron chi connectivity index (χ0n) is 21.8. The number of nitrogens with one attached hydrogen (secondary N) is 1. The summed E-state index contributed by atoms with van der Waals surface area (Å²) in [6, 6.07) is 6.41. The van der Waals surface area contributed by atoms with Crippen LogP contribution in [0.15, 0.2) is 24.3 Å². The average molecular weight is 512 g/mol. The number of hydrogen-bond acceptors (Lipinski definition) is 9. The molecule has 0 spiro atoms. The van der Waals surface area contributed by atoms with Gasteiger partial charge in [0.15, 0.2) is 0 Å². The van der Waals surface area contributed by atoms with Gasteiger partial charge < -0.3 is 26.3 Å². The normalized spacial score (nSPS) is 15.9. The Morgan fingerprint density at radius 3 is 2.43 bits per heavy atom. The monoisotopic (exact) mass is 511 g/mol. The van der Waals surface area contributed by atoms with Crippen LogP contribution in [-0.2, 0) is 25.5 Å². The van der Waals surface area contributed by atoms with Crippen molar-refractivity contribution in [1.82, 2.24) is 15.3 Å². The predicted molar refractivity (Wildman–Crippen MR) is 140 cm³/mol. The lowest BCUT2D eigenvalue weighted by molar-refractivity contribution is -0.146. The third-order valence-electron chi connectivity index (χ3n) is 6.72. The van der Waals surface area contributed by atoms with Crippen LogP contribution in [0, 0.1) is 0 Å². The molecule has 1 amide bonds. The summed E-state index contributed by atoms with van der Waals surface area (Å²) in [5, 5.41) is 2.69. The predicted octanol–water partition coefficient (Wildman–Crippen LogP) is 3.26. The highest BCUT2D eigenvalue weighted by Gasteiger charge is 2.28. The highest BCUT2D eigenvalue weighted by Crippen LogP contribution is 2.40. The van der Waals surface area contributed by atoms with E-state index < -0.39 is 23.9 Å². The second kappa shape index (κ2) is 13.0. The molecule has 0 saturated carbocycles. The lowest BCUT2D eigenvalue weighted by atomic mass is 9.89. The van der Waals surface area contributed by atoms with E-state index in [1.807, 2.05) is 12.1 Å². The number of aromatic nitrogens is 2. The molecule has 1 heterocycles. The van der Waals surface area contributed by atoms with E-state index in [2.05, 4.69) is 22.2 Å². The van der Waals surface area contributed by atoms with E-state index in [-0.39, 0.29) is 37.9 Å². The van der Waals surface area contributed by atoms with Crippen LogP contribution in [0.5, 0.6) is 0 Å². The molecular formula is C27H37N5O5. The number of aryl methyl sites for hydroxylation is 1. The maximum atomic E-state index is 12.8. The molecule has 10 nitrogen and oxygen atoms in total. The minimum absolute atomic E-state index is 0.00464. The first-order chi connectivity index (χ1) is 17.7. The molecule has 37 heavy (non-hydrogen) atoms. The maximum Gasteiger partial charge on any atom is 0.328 e. The fraction of sp³-hybridized carbons (Fsp3) is 0.519. The number of anilines is 2. The first-order valence-electron chi connectivity index (χ1n) is 12.9. The number of amides is 1. The fourth-order valence-corrected chi connectivity index (χ4v) is 4.74. The van der Waals surface area contributed by atoms with Crippen LogP contribution in [0.1, 0.15) is 91.9 Å². The third-order valence-corrected chi connectivity index (χ3v) is 6.72. The van der Waals surface area contributed by atoms with Gasteiger partial charge in [0.2, 0.25) is 5.95 Å². The third kappa shape index (κ3) is 7.41. The molecule has 1 aromatic heterocycles. The van der Waals surface area contributed by atoms with Gasteiger partial charge in [0, 0.05) is 17.5 Å². The van der Waals surface area contributed by atoms with Gasteiger partial charge >= 0.3 is 11.9 Å². The Morgan fingerprint density at radius 1 is 1.05 bits per heavy atom. The number of hydrogen-bond donors (Lipinski definition) is 3. The quantitative estimate of drug-likeness (QED) is 0.363. The van der Waals surface area contributed by atoms with Crippen molar-refractivity contribution < 1.29 is 23.9 Å². The zero-order chi connectivity index (χ0) is 26.9. The molecule has 0 fully saturated rings. The number of esters is 2. The van der Waals surface area contributed by atoms with Gasteiger partial charge in [-0.15, -0.1) is 0 Å². The highest BCUT2D eigenvalue weighted by atomic mass is 16.5. The minimum atomic E-state index is -0.934. The van der Waals surface area contributed by atoms with Crippen LogP contribution in [0.4, 0.5) is 11.8 Å². The van der Waals surface area contributed by atoms with E-state index >= 15 is 0 Å². The van der Waals surface area contributed by atoms with E-state index in [1.165, 1.54) is 0 Å². The molecule has 0 radical (unpaired) electrons. The van der Waals surface area contributed by atoms with Crippen molar-refractivity contribution >= 4 is 29.6 Å². The maximum absolute atomic E-state index is 12.8. The van der Waals surface area contributed by atoms with Gasteiger partial charge in [-0.1, -0.05) is 19.1 Å². The summed E-state index contributed by atoms with van der Waals surface area (Å²) >= 11 is 0. The first kappa shape index (κ1) is 27.9. The summed E-state index contributed by atoms with van der Waals surface area (Å²) in [7, 11) is 0. The van der Waals surface area contributed by atoms with E-state index in [0.29, 0.717) is 17.3 Å². The Kier molecular flexibility index (Phi) is 9.82. The largest absolute Gasteiger partial charge is 0.466 e. The minimum Gasteiger partial charge on any atom is -0.466 e. The molecule has 2 aromatic rings. The second-order valence-electron chi connectivity index (χ2n) is 9.29. The van der Waals surface area contributed by atoms with Crippen molar-refractivity contribution in [2.75, 3.05) is 24.7 Å². The Hall–Kier alpha value is -3.69. The number of carbonyl (C=O) groups is 3. The van der Waals surface area contributed by atoms with Crippen LogP contribution in [-0.4, -0.2) is 47.1 Å². The van der Waals surface area contributed by atoms with Gasteiger partial charge in [-0.3, -0.25) is 9.59 Å². The number of nitrogen functional groups attached to an aromatic ring is 2. The van der Waals surface area contributed by atoms with E-state index in [0.717, 1.165) is 42.5 Å². The van der Waals surface area contributed by atoms with Crippen LogP contribution >= 0.6 is 0 Å². The molecule has 1 aromatic carbocycles. The molecule has 5 N–H and O–H groups in total. The SMILES string of the molecule is CCOC(=O)CC[C@H](NC(=O)c1ccc(C(C)CCC2CCc3nc(N)nc(N)c32)cc1)C(=O)OCC. The van der Waals surface area contributed by atoms with Gasteiger partial charge in [0.05, 0.1) is 18.9 Å². The number of fused-ring (bicyclic) bond motifs is 1. The van der Waals surface area contributed by atoms with Gasteiger partial charge in [-0.2, -0.15) is 4.98 Å². The Balaban J connectivity index is 1.57. The Labute approximate surface area is 217 Å². The van der Waals surface area contributed by atoms with E-state index in [9.17, 15) is 14.4 Å². The standard InChI is InChI=1S/C27H37N5O5/c1-4-36-22(33)15-14-21(26(35)37-5-2)30-25(34)19-10-8-17(9-11-19)16(3)6-7-18-12-13-20-23(18)24(28)32-27(29)31-20/h8-11,16,18,21H,4-7,12-15H2,1-3H3,(H,30,34)(H4,28,29,31,32)/t16?,18?,21-/m0/s1. The van der Waals surface area contributed by atoms with Crippen molar-refractivity contribution in [3.8, 4) is 0 Å². The topological polar surface area (TPSA) is 160 Å². The van der Waals surface area contributed by atoms with Crippen molar-refractivity contribution in [3.63, 3.8) is 0 Å². The second-order valence-corrected chi connectivity index (χ2v) is 9.29. The molecule has 2 unspecified atom stereocenters.